The van der Waals surface area contributed by atoms with Gasteiger partial charge in [-0.2, -0.15) is 5.26 Å². The van der Waals surface area contributed by atoms with Gasteiger partial charge in [-0.25, -0.2) is 9.78 Å². The average molecular weight is 363 g/mol. The number of amides is 1. The molecule has 8 heteroatoms. The Morgan fingerprint density at radius 2 is 2.16 bits per heavy atom. The molecule has 1 aliphatic rings. The molecule has 0 radical (unpaired) electrons. The molecule has 0 aliphatic carbocycles. The largest absolute Gasteiger partial charge is 0.462 e. The van der Waals surface area contributed by atoms with Gasteiger partial charge >= 0.3 is 5.97 Å². The summed E-state index contributed by atoms with van der Waals surface area (Å²) in [5.41, 5.74) is 1.01. The molecule has 0 spiro atoms. The molecule has 25 heavy (non-hydrogen) atoms. The molecule has 0 N–H and O–H groups in total. The van der Waals surface area contributed by atoms with E-state index in [-0.39, 0.29) is 28.9 Å². The highest BCUT2D eigenvalue weighted by atomic mass is 32.2. The number of hydrogen-bond acceptors (Lipinski definition) is 7. The fourth-order valence-electron chi connectivity index (χ4n) is 2.43. The topological polar surface area (TPSA) is 92.5 Å². The Balaban J connectivity index is 2.18. The highest BCUT2D eigenvalue weighted by Crippen LogP contribution is 2.28. The van der Waals surface area contributed by atoms with Crippen LogP contribution in [-0.2, 0) is 14.3 Å². The molecule has 1 amide bonds. The number of hydrogen-bond donors (Lipinski definition) is 0. The monoisotopic (exact) mass is 363 g/mol. The third-order valence-electron chi connectivity index (χ3n) is 3.75. The number of thioether (sulfide) groups is 1. The molecule has 0 unspecified atom stereocenters. The first-order valence-corrected chi connectivity index (χ1v) is 8.98. The van der Waals surface area contributed by atoms with Crippen LogP contribution in [0.1, 0.15) is 35.5 Å². The van der Waals surface area contributed by atoms with Crippen molar-refractivity contribution < 1.29 is 19.1 Å². The quantitative estimate of drug-likeness (QED) is 0.581. The lowest BCUT2D eigenvalue weighted by Crippen LogP contribution is -2.44. The minimum absolute atomic E-state index is 0.00823. The number of esters is 1. The predicted molar refractivity (Wildman–Crippen MR) is 92.4 cm³/mol. The van der Waals surface area contributed by atoms with Crippen LogP contribution in [0.15, 0.2) is 11.1 Å². The van der Waals surface area contributed by atoms with Crippen LogP contribution in [0.2, 0.25) is 0 Å². The zero-order chi connectivity index (χ0) is 18.4. The summed E-state index contributed by atoms with van der Waals surface area (Å²) in [7, 11) is 0. The summed E-state index contributed by atoms with van der Waals surface area (Å²) in [6.45, 7) is 7.67. The zero-order valence-corrected chi connectivity index (χ0v) is 15.4. The fraction of sp³-hybridized carbons (Fsp3) is 0.529. The number of nitriles is 1. The van der Waals surface area contributed by atoms with Crippen molar-refractivity contribution in [2.24, 2.45) is 0 Å². The van der Waals surface area contributed by atoms with Crippen molar-refractivity contribution in [1.82, 2.24) is 9.88 Å². The molecule has 0 aromatic carbocycles. The van der Waals surface area contributed by atoms with E-state index in [4.69, 9.17) is 9.47 Å². The number of pyridine rings is 1. The first kappa shape index (κ1) is 19.2. The van der Waals surface area contributed by atoms with Gasteiger partial charge in [0, 0.05) is 13.1 Å². The highest BCUT2D eigenvalue weighted by molar-refractivity contribution is 8.00. The van der Waals surface area contributed by atoms with E-state index in [0.29, 0.717) is 37.0 Å². The van der Waals surface area contributed by atoms with Crippen molar-refractivity contribution in [2.45, 2.75) is 31.0 Å². The molecule has 1 saturated heterocycles. The van der Waals surface area contributed by atoms with Gasteiger partial charge in [0.05, 0.1) is 41.9 Å². The van der Waals surface area contributed by atoms with E-state index >= 15 is 0 Å². The molecule has 0 saturated carbocycles. The summed E-state index contributed by atoms with van der Waals surface area (Å²) in [6, 6.07) is 3.53. The maximum Gasteiger partial charge on any atom is 0.340 e. The number of aryl methyl sites for hydroxylation is 1. The molecule has 1 aromatic rings. The maximum atomic E-state index is 12.5. The Kier molecular flexibility index (Phi) is 6.79. The molecule has 2 heterocycles. The minimum Gasteiger partial charge on any atom is -0.462 e. The van der Waals surface area contributed by atoms with Crippen molar-refractivity contribution in [3.63, 3.8) is 0 Å². The van der Waals surface area contributed by atoms with Crippen LogP contribution in [0, 0.1) is 18.3 Å². The Morgan fingerprint density at radius 3 is 2.76 bits per heavy atom. The van der Waals surface area contributed by atoms with Gasteiger partial charge in [-0.1, -0.05) is 11.8 Å². The number of carbonyl (C=O) groups is 2. The van der Waals surface area contributed by atoms with Crippen LogP contribution in [0.4, 0.5) is 0 Å². The number of aromatic nitrogens is 1. The van der Waals surface area contributed by atoms with Gasteiger partial charge in [0.25, 0.3) is 0 Å². The second kappa shape index (κ2) is 8.83. The molecule has 2 rings (SSSR count). The SMILES string of the molecule is CCOC(=O)c1cc(C#N)c(S[C@@H](C)C(=O)N2CCOCC2)nc1C. The lowest BCUT2D eigenvalue weighted by molar-refractivity contribution is -0.134. The summed E-state index contributed by atoms with van der Waals surface area (Å²) in [5, 5.41) is 9.44. The van der Waals surface area contributed by atoms with Crippen LogP contribution in [-0.4, -0.2) is 59.9 Å². The summed E-state index contributed by atoms with van der Waals surface area (Å²) in [4.78, 5) is 30.6. The summed E-state index contributed by atoms with van der Waals surface area (Å²) < 4.78 is 10.2. The first-order valence-electron chi connectivity index (χ1n) is 8.10. The van der Waals surface area contributed by atoms with E-state index in [2.05, 4.69) is 4.98 Å². The maximum absolute atomic E-state index is 12.5. The lowest BCUT2D eigenvalue weighted by atomic mass is 10.1. The van der Waals surface area contributed by atoms with Crippen molar-refractivity contribution in [3.8, 4) is 6.07 Å². The number of rotatable bonds is 5. The van der Waals surface area contributed by atoms with Crippen molar-refractivity contribution in [3.05, 3.63) is 22.9 Å². The molecule has 7 nitrogen and oxygen atoms in total. The molecule has 1 aromatic heterocycles. The smallest absolute Gasteiger partial charge is 0.340 e. The number of nitrogens with zero attached hydrogens (tertiary/aromatic N) is 3. The van der Waals surface area contributed by atoms with Gasteiger partial charge in [0.2, 0.25) is 5.91 Å². The van der Waals surface area contributed by atoms with E-state index < -0.39 is 5.97 Å². The van der Waals surface area contributed by atoms with Gasteiger partial charge < -0.3 is 14.4 Å². The number of ether oxygens (including phenoxy) is 2. The Morgan fingerprint density at radius 1 is 1.48 bits per heavy atom. The highest BCUT2D eigenvalue weighted by Gasteiger charge is 2.25. The molecule has 1 aliphatic heterocycles. The lowest BCUT2D eigenvalue weighted by Gasteiger charge is -2.29. The Hall–Kier alpha value is -2.11. The summed E-state index contributed by atoms with van der Waals surface area (Å²) >= 11 is 1.23. The van der Waals surface area contributed by atoms with Crippen LogP contribution < -0.4 is 0 Å². The standard InChI is InChI=1S/C17H21N3O4S/c1-4-24-17(22)14-9-13(10-18)15(19-11(14)2)25-12(3)16(21)20-5-7-23-8-6-20/h9,12H,4-8H2,1-3H3/t12-/m0/s1. The Bertz CT molecular complexity index is 696. The van der Waals surface area contributed by atoms with E-state index in [1.54, 1.807) is 25.7 Å². The van der Waals surface area contributed by atoms with Crippen LogP contribution >= 0.6 is 11.8 Å². The van der Waals surface area contributed by atoms with Crippen molar-refractivity contribution in [2.75, 3.05) is 32.9 Å². The fourth-order valence-corrected chi connectivity index (χ4v) is 3.43. The number of carbonyl (C=O) groups excluding carboxylic acids is 2. The predicted octanol–water partition coefficient (Wildman–Crippen LogP) is 1.78. The first-order chi connectivity index (χ1) is 12.0. The average Bonchev–Trinajstić information content (AvgIpc) is 2.62. The third kappa shape index (κ3) is 4.71. The molecule has 1 atom stereocenters. The van der Waals surface area contributed by atoms with Gasteiger partial charge in [-0.15, -0.1) is 0 Å². The molecule has 134 valence electrons. The summed E-state index contributed by atoms with van der Waals surface area (Å²) in [6.07, 6.45) is 0. The van der Waals surface area contributed by atoms with Crippen molar-refractivity contribution >= 4 is 23.6 Å². The van der Waals surface area contributed by atoms with Crippen LogP contribution in [0.5, 0.6) is 0 Å². The second-order valence-corrected chi connectivity index (χ2v) is 6.83. The van der Waals surface area contributed by atoms with E-state index in [9.17, 15) is 14.9 Å². The molecule has 0 bridgehead atoms. The van der Waals surface area contributed by atoms with Crippen LogP contribution in [0.25, 0.3) is 0 Å². The van der Waals surface area contributed by atoms with E-state index in [1.165, 1.54) is 17.8 Å². The van der Waals surface area contributed by atoms with Gasteiger partial charge in [0.15, 0.2) is 0 Å². The molecular weight excluding hydrogens is 342 g/mol. The minimum atomic E-state index is -0.502. The Labute approximate surface area is 151 Å². The number of morpholine rings is 1. The second-order valence-electron chi connectivity index (χ2n) is 5.50. The normalized spacial score (nSPS) is 15.4. The van der Waals surface area contributed by atoms with E-state index in [0.717, 1.165) is 0 Å². The molecular formula is C17H21N3O4S. The third-order valence-corrected chi connectivity index (χ3v) is 4.84. The van der Waals surface area contributed by atoms with Crippen LogP contribution in [0.3, 0.4) is 0 Å². The van der Waals surface area contributed by atoms with Gasteiger partial charge in [-0.3, -0.25) is 4.79 Å². The van der Waals surface area contributed by atoms with Gasteiger partial charge in [-0.05, 0) is 26.8 Å². The van der Waals surface area contributed by atoms with Gasteiger partial charge in [0.1, 0.15) is 11.1 Å². The van der Waals surface area contributed by atoms with E-state index in [1.807, 2.05) is 6.07 Å². The molecule has 1 fully saturated rings. The zero-order valence-electron chi connectivity index (χ0n) is 14.6. The summed E-state index contributed by atoms with van der Waals surface area (Å²) in [5.74, 6) is -0.510. The van der Waals surface area contributed by atoms with Crippen molar-refractivity contribution in [1.29, 1.82) is 5.26 Å².